The normalized spacial score (nSPS) is 10.5. The van der Waals surface area contributed by atoms with E-state index in [1.807, 2.05) is 57.2 Å². The fraction of sp³-hybridized carbons (Fsp3) is 0.278. The molecule has 5 heteroatoms. The largest absolute Gasteiger partial charge is 0.491 e. The predicted octanol–water partition coefficient (Wildman–Crippen LogP) is 4.49. The number of anilines is 2. The van der Waals surface area contributed by atoms with Crippen LogP contribution in [0.2, 0.25) is 5.02 Å². The smallest absolute Gasteiger partial charge is 0.243 e. The van der Waals surface area contributed by atoms with Crippen molar-refractivity contribution in [2.24, 2.45) is 0 Å². The number of halogens is 1. The minimum Gasteiger partial charge on any atom is -0.491 e. The van der Waals surface area contributed by atoms with Gasteiger partial charge in [0.15, 0.2) is 0 Å². The van der Waals surface area contributed by atoms with E-state index >= 15 is 0 Å². The summed E-state index contributed by atoms with van der Waals surface area (Å²) in [4.78, 5) is 12.0. The SMILES string of the molecule is Cc1ccc(NC(=O)CNc2ccc(OC(C)C)cc2)cc1Cl. The number of ether oxygens (including phenoxy) is 1. The lowest BCUT2D eigenvalue weighted by molar-refractivity contribution is -0.114. The van der Waals surface area contributed by atoms with E-state index in [-0.39, 0.29) is 18.6 Å². The van der Waals surface area contributed by atoms with Gasteiger partial charge in [-0.2, -0.15) is 0 Å². The average Bonchev–Trinajstić information content (AvgIpc) is 2.50. The molecule has 4 nitrogen and oxygen atoms in total. The molecular weight excluding hydrogens is 312 g/mol. The van der Waals surface area contributed by atoms with Gasteiger partial charge in [0.1, 0.15) is 5.75 Å². The highest BCUT2D eigenvalue weighted by molar-refractivity contribution is 6.31. The molecule has 1 amide bonds. The zero-order valence-electron chi connectivity index (χ0n) is 13.5. The van der Waals surface area contributed by atoms with Gasteiger partial charge in [0, 0.05) is 16.4 Å². The first-order valence-corrected chi connectivity index (χ1v) is 7.88. The highest BCUT2D eigenvalue weighted by atomic mass is 35.5. The first kappa shape index (κ1) is 17.2. The van der Waals surface area contributed by atoms with Crippen LogP contribution in [0.5, 0.6) is 5.75 Å². The summed E-state index contributed by atoms with van der Waals surface area (Å²) in [6, 6.07) is 13.0. The second-order valence-corrected chi connectivity index (χ2v) is 5.96. The van der Waals surface area contributed by atoms with Gasteiger partial charge in [0.2, 0.25) is 5.91 Å². The molecule has 0 saturated heterocycles. The van der Waals surface area contributed by atoms with Crippen LogP contribution in [-0.4, -0.2) is 18.6 Å². The van der Waals surface area contributed by atoms with E-state index in [0.717, 1.165) is 17.0 Å². The zero-order valence-corrected chi connectivity index (χ0v) is 14.3. The first-order valence-electron chi connectivity index (χ1n) is 7.50. The van der Waals surface area contributed by atoms with Gasteiger partial charge in [-0.25, -0.2) is 0 Å². The molecule has 0 aliphatic rings. The maximum atomic E-state index is 12.0. The van der Waals surface area contributed by atoms with Crippen LogP contribution < -0.4 is 15.4 Å². The zero-order chi connectivity index (χ0) is 16.8. The molecule has 0 unspecified atom stereocenters. The van der Waals surface area contributed by atoms with Crippen LogP contribution in [-0.2, 0) is 4.79 Å². The third-order valence-corrected chi connectivity index (χ3v) is 3.54. The van der Waals surface area contributed by atoms with Crippen LogP contribution in [0, 0.1) is 6.92 Å². The summed E-state index contributed by atoms with van der Waals surface area (Å²) >= 11 is 6.04. The lowest BCUT2D eigenvalue weighted by Crippen LogP contribution is -2.21. The van der Waals surface area contributed by atoms with Crippen LogP contribution in [0.25, 0.3) is 0 Å². The summed E-state index contributed by atoms with van der Waals surface area (Å²) in [5.41, 5.74) is 2.53. The van der Waals surface area contributed by atoms with Crippen molar-refractivity contribution in [3.8, 4) is 5.75 Å². The van der Waals surface area contributed by atoms with Crippen molar-refractivity contribution >= 4 is 28.9 Å². The molecule has 0 aliphatic carbocycles. The summed E-state index contributed by atoms with van der Waals surface area (Å²) in [5.74, 6) is 0.678. The molecule has 23 heavy (non-hydrogen) atoms. The highest BCUT2D eigenvalue weighted by Gasteiger charge is 2.04. The van der Waals surface area contributed by atoms with Crippen molar-refractivity contribution in [1.29, 1.82) is 0 Å². The number of hydrogen-bond donors (Lipinski definition) is 2. The van der Waals surface area contributed by atoms with Crippen LogP contribution in [0.15, 0.2) is 42.5 Å². The lowest BCUT2D eigenvalue weighted by Gasteiger charge is -2.11. The summed E-state index contributed by atoms with van der Waals surface area (Å²) < 4.78 is 5.58. The van der Waals surface area contributed by atoms with Gasteiger partial charge in [-0.3, -0.25) is 4.79 Å². The highest BCUT2D eigenvalue weighted by Crippen LogP contribution is 2.20. The van der Waals surface area contributed by atoms with Crippen molar-refractivity contribution in [2.45, 2.75) is 26.9 Å². The number of rotatable bonds is 6. The molecule has 2 aromatic rings. The minimum absolute atomic E-state index is 0.132. The Kier molecular flexibility index (Phi) is 5.88. The number of carbonyl (C=O) groups excluding carboxylic acids is 1. The van der Waals surface area contributed by atoms with Crippen molar-refractivity contribution < 1.29 is 9.53 Å². The van der Waals surface area contributed by atoms with E-state index in [1.165, 1.54) is 0 Å². The monoisotopic (exact) mass is 332 g/mol. The van der Waals surface area contributed by atoms with Crippen LogP contribution >= 0.6 is 11.6 Å². The third-order valence-electron chi connectivity index (χ3n) is 3.13. The fourth-order valence-electron chi connectivity index (χ4n) is 1.98. The van der Waals surface area contributed by atoms with Gasteiger partial charge < -0.3 is 15.4 Å². The van der Waals surface area contributed by atoms with Crippen LogP contribution in [0.4, 0.5) is 11.4 Å². The molecule has 0 aromatic heterocycles. The molecule has 122 valence electrons. The van der Waals surface area contributed by atoms with Gasteiger partial charge >= 0.3 is 0 Å². The number of nitrogens with one attached hydrogen (secondary N) is 2. The number of aryl methyl sites for hydroxylation is 1. The molecule has 0 bridgehead atoms. The summed E-state index contributed by atoms with van der Waals surface area (Å²) in [7, 11) is 0. The number of hydrogen-bond acceptors (Lipinski definition) is 3. The minimum atomic E-state index is -0.132. The Labute approximate surface area is 141 Å². The Morgan fingerprint density at radius 2 is 1.78 bits per heavy atom. The third kappa shape index (κ3) is 5.49. The maximum Gasteiger partial charge on any atom is 0.243 e. The van der Waals surface area contributed by atoms with E-state index in [9.17, 15) is 4.79 Å². The quantitative estimate of drug-likeness (QED) is 0.819. The van der Waals surface area contributed by atoms with E-state index in [2.05, 4.69) is 10.6 Å². The van der Waals surface area contributed by atoms with Gasteiger partial charge in [0.25, 0.3) is 0 Å². The Morgan fingerprint density at radius 3 is 2.39 bits per heavy atom. The van der Waals surface area contributed by atoms with E-state index in [0.29, 0.717) is 10.7 Å². The Balaban J connectivity index is 1.85. The molecular formula is C18H21ClN2O2. The number of amides is 1. The summed E-state index contributed by atoms with van der Waals surface area (Å²) in [6.45, 7) is 6.06. The Morgan fingerprint density at radius 1 is 1.13 bits per heavy atom. The van der Waals surface area contributed by atoms with Gasteiger partial charge in [0.05, 0.1) is 12.6 Å². The molecule has 0 aliphatic heterocycles. The van der Waals surface area contributed by atoms with Crippen LogP contribution in [0.1, 0.15) is 19.4 Å². The molecule has 2 aromatic carbocycles. The Hall–Kier alpha value is -2.20. The van der Waals surface area contributed by atoms with Gasteiger partial charge in [-0.1, -0.05) is 17.7 Å². The van der Waals surface area contributed by atoms with E-state index < -0.39 is 0 Å². The van der Waals surface area contributed by atoms with Gasteiger partial charge in [-0.15, -0.1) is 0 Å². The first-order chi connectivity index (χ1) is 10.9. The van der Waals surface area contributed by atoms with Crippen LogP contribution in [0.3, 0.4) is 0 Å². The molecule has 0 radical (unpaired) electrons. The van der Waals surface area contributed by atoms with Crippen molar-refractivity contribution in [3.63, 3.8) is 0 Å². The molecule has 2 N–H and O–H groups in total. The molecule has 0 heterocycles. The van der Waals surface area contributed by atoms with Crippen molar-refractivity contribution in [3.05, 3.63) is 53.1 Å². The number of carbonyl (C=O) groups is 1. The molecule has 0 atom stereocenters. The summed E-state index contributed by atoms with van der Waals surface area (Å²) in [5, 5.41) is 6.51. The van der Waals surface area contributed by atoms with Gasteiger partial charge in [-0.05, 0) is 62.7 Å². The topological polar surface area (TPSA) is 50.4 Å². The second-order valence-electron chi connectivity index (χ2n) is 5.56. The maximum absolute atomic E-state index is 12.0. The Bertz CT molecular complexity index is 669. The van der Waals surface area contributed by atoms with E-state index in [4.69, 9.17) is 16.3 Å². The molecule has 0 fully saturated rings. The molecule has 0 spiro atoms. The van der Waals surface area contributed by atoms with Crippen molar-refractivity contribution in [1.82, 2.24) is 0 Å². The summed E-state index contributed by atoms with van der Waals surface area (Å²) in [6.07, 6.45) is 0.140. The van der Waals surface area contributed by atoms with E-state index in [1.54, 1.807) is 6.07 Å². The standard InChI is InChI=1S/C18H21ClN2O2/c1-12(2)23-16-8-6-14(7-9-16)20-11-18(22)21-15-5-4-13(3)17(19)10-15/h4-10,12,20H,11H2,1-3H3,(H,21,22). The number of benzene rings is 2. The average molecular weight is 333 g/mol. The lowest BCUT2D eigenvalue weighted by atomic mass is 10.2. The molecule has 2 rings (SSSR count). The predicted molar refractivity (Wildman–Crippen MR) is 95.5 cm³/mol. The van der Waals surface area contributed by atoms with Crippen molar-refractivity contribution in [2.75, 3.05) is 17.2 Å². The second kappa shape index (κ2) is 7.88. The molecule has 0 saturated carbocycles. The fourth-order valence-corrected chi connectivity index (χ4v) is 2.16.